The van der Waals surface area contributed by atoms with Crippen molar-refractivity contribution in [1.82, 2.24) is 15.5 Å². The van der Waals surface area contributed by atoms with Crippen LogP contribution in [-0.4, -0.2) is 35.8 Å². The van der Waals surface area contributed by atoms with Crippen molar-refractivity contribution in [2.24, 2.45) is 11.8 Å². The van der Waals surface area contributed by atoms with Gasteiger partial charge in [0, 0.05) is 19.5 Å². The van der Waals surface area contributed by atoms with Gasteiger partial charge in [0.2, 0.25) is 11.8 Å². The minimum atomic E-state index is -0.813. The third-order valence-corrected chi connectivity index (χ3v) is 6.34. The Balaban J connectivity index is 1.69. The third-order valence-electron chi connectivity index (χ3n) is 6.34. The smallest absolute Gasteiger partial charge is 0.243 e. The molecule has 3 unspecified atom stereocenters. The summed E-state index contributed by atoms with van der Waals surface area (Å²) in [7, 11) is 0. The van der Waals surface area contributed by atoms with Crippen LogP contribution >= 0.6 is 0 Å². The molecular formula is C20H25F2N3O2. The molecule has 5 nitrogen and oxygen atoms in total. The highest BCUT2D eigenvalue weighted by atomic mass is 19.2. The number of imide groups is 1. The maximum absolute atomic E-state index is 14.9. The number of benzene rings is 1. The molecule has 7 heteroatoms. The minimum Gasteiger partial charge on any atom is -0.316 e. The number of carbonyl (C=O) groups is 2. The quantitative estimate of drug-likeness (QED) is 0.775. The number of hydrogen-bond acceptors (Lipinski definition) is 4. The van der Waals surface area contributed by atoms with Crippen molar-refractivity contribution in [3.63, 3.8) is 0 Å². The summed E-state index contributed by atoms with van der Waals surface area (Å²) in [5.74, 6) is -1.81. The predicted molar refractivity (Wildman–Crippen MR) is 95.7 cm³/mol. The molecule has 0 bridgehead atoms. The van der Waals surface area contributed by atoms with Gasteiger partial charge in [-0.05, 0) is 60.0 Å². The van der Waals surface area contributed by atoms with E-state index in [-0.39, 0.29) is 29.6 Å². The summed E-state index contributed by atoms with van der Waals surface area (Å²) in [6.07, 6.45) is 0.736. The van der Waals surface area contributed by atoms with Crippen LogP contribution in [0.1, 0.15) is 49.3 Å². The molecule has 3 heterocycles. The van der Waals surface area contributed by atoms with Gasteiger partial charge in [-0.25, -0.2) is 8.78 Å². The summed E-state index contributed by atoms with van der Waals surface area (Å²) < 4.78 is 29.4. The minimum absolute atomic E-state index is 0.0580. The van der Waals surface area contributed by atoms with Gasteiger partial charge in [-0.3, -0.25) is 19.8 Å². The van der Waals surface area contributed by atoms with Crippen LogP contribution in [-0.2, 0) is 22.7 Å². The SMILES string of the molecule is CC1CNCC(C)C1c1c(F)c(F)cc2c1CN(C1CCC(=O)NC1=O)C2. The summed E-state index contributed by atoms with van der Waals surface area (Å²) in [5.41, 5.74) is 2.07. The van der Waals surface area contributed by atoms with Gasteiger partial charge < -0.3 is 5.32 Å². The molecule has 2 fully saturated rings. The second kappa shape index (κ2) is 6.95. The van der Waals surface area contributed by atoms with Crippen LogP contribution in [0, 0.1) is 23.5 Å². The van der Waals surface area contributed by atoms with E-state index in [2.05, 4.69) is 24.5 Å². The highest BCUT2D eigenvalue weighted by molar-refractivity contribution is 6.00. The number of fused-ring (bicyclic) bond motifs is 1. The number of hydrogen-bond donors (Lipinski definition) is 2. The summed E-state index contributed by atoms with van der Waals surface area (Å²) in [6.45, 7) is 6.50. The standard InChI is InChI=1S/C20H25F2N3O2/c1-10-6-23-7-11(2)17(10)18-13-9-25(8-12(13)5-14(21)19(18)22)15-3-4-16(26)24-20(15)27/h5,10-11,15,17,23H,3-4,6-9H2,1-2H3,(H,24,26,27). The predicted octanol–water partition coefficient (Wildman–Crippen LogP) is 2.04. The molecule has 1 aromatic rings. The van der Waals surface area contributed by atoms with Gasteiger partial charge >= 0.3 is 0 Å². The van der Waals surface area contributed by atoms with Crippen LogP contribution in [0.25, 0.3) is 0 Å². The topological polar surface area (TPSA) is 61.4 Å². The molecule has 1 aromatic carbocycles. The fourth-order valence-corrected chi connectivity index (χ4v) is 5.06. The second-order valence-corrected chi connectivity index (χ2v) is 8.23. The highest BCUT2D eigenvalue weighted by Gasteiger charge is 2.40. The van der Waals surface area contributed by atoms with E-state index in [1.807, 2.05) is 4.90 Å². The Kier molecular flexibility index (Phi) is 4.76. The van der Waals surface area contributed by atoms with Crippen LogP contribution in [0.3, 0.4) is 0 Å². The van der Waals surface area contributed by atoms with Gasteiger partial charge in [0.15, 0.2) is 11.6 Å². The average molecular weight is 377 g/mol. The van der Waals surface area contributed by atoms with Crippen LogP contribution in [0.4, 0.5) is 8.78 Å². The monoisotopic (exact) mass is 377 g/mol. The third kappa shape index (κ3) is 3.17. The first-order chi connectivity index (χ1) is 12.9. The number of amides is 2. The van der Waals surface area contributed by atoms with E-state index in [0.717, 1.165) is 24.2 Å². The van der Waals surface area contributed by atoms with E-state index < -0.39 is 17.7 Å². The van der Waals surface area contributed by atoms with Crippen LogP contribution in [0.5, 0.6) is 0 Å². The molecule has 3 aliphatic heterocycles. The Morgan fingerprint density at radius 3 is 2.48 bits per heavy atom. The second-order valence-electron chi connectivity index (χ2n) is 8.23. The van der Waals surface area contributed by atoms with Crippen molar-refractivity contribution in [2.75, 3.05) is 13.1 Å². The summed E-state index contributed by atoms with van der Waals surface area (Å²) in [5, 5.41) is 5.72. The molecule has 0 spiro atoms. The zero-order valence-corrected chi connectivity index (χ0v) is 15.6. The molecule has 0 saturated carbocycles. The van der Waals surface area contributed by atoms with Gasteiger partial charge in [0.05, 0.1) is 6.04 Å². The van der Waals surface area contributed by atoms with Gasteiger partial charge in [-0.1, -0.05) is 13.8 Å². The molecule has 0 radical (unpaired) electrons. The summed E-state index contributed by atoms with van der Waals surface area (Å²) in [4.78, 5) is 25.6. The van der Waals surface area contributed by atoms with Crippen molar-refractivity contribution in [2.45, 2.75) is 51.7 Å². The molecule has 2 amide bonds. The molecule has 2 saturated heterocycles. The first kappa shape index (κ1) is 18.5. The highest BCUT2D eigenvalue weighted by Crippen LogP contribution is 2.42. The van der Waals surface area contributed by atoms with Crippen LogP contribution in [0.2, 0.25) is 0 Å². The van der Waals surface area contributed by atoms with Crippen LogP contribution < -0.4 is 10.6 Å². The van der Waals surface area contributed by atoms with Crippen molar-refractivity contribution in [3.8, 4) is 0 Å². The van der Waals surface area contributed by atoms with E-state index in [0.29, 0.717) is 31.5 Å². The normalized spacial score (nSPS) is 31.7. The molecular weight excluding hydrogens is 352 g/mol. The van der Waals surface area contributed by atoms with Gasteiger partial charge in [0.25, 0.3) is 0 Å². The van der Waals surface area contributed by atoms with E-state index in [4.69, 9.17) is 0 Å². The average Bonchev–Trinajstić information content (AvgIpc) is 3.00. The Morgan fingerprint density at radius 2 is 1.81 bits per heavy atom. The number of nitrogens with one attached hydrogen (secondary N) is 2. The van der Waals surface area contributed by atoms with Crippen molar-refractivity contribution in [1.29, 1.82) is 0 Å². The zero-order chi connectivity index (χ0) is 19.3. The molecule has 4 rings (SSSR count). The number of piperidine rings is 2. The Labute approximate surface area is 157 Å². The van der Waals surface area contributed by atoms with Crippen molar-refractivity contribution in [3.05, 3.63) is 34.4 Å². The largest absolute Gasteiger partial charge is 0.316 e. The molecule has 3 atom stereocenters. The van der Waals surface area contributed by atoms with Crippen molar-refractivity contribution >= 4 is 11.8 Å². The summed E-state index contributed by atoms with van der Waals surface area (Å²) in [6, 6.07) is 0.841. The van der Waals surface area contributed by atoms with Gasteiger partial charge in [-0.2, -0.15) is 0 Å². The fraction of sp³-hybridized carbons (Fsp3) is 0.600. The van der Waals surface area contributed by atoms with Gasteiger partial charge in [0.1, 0.15) is 0 Å². The first-order valence-corrected chi connectivity index (χ1v) is 9.65. The lowest BCUT2D eigenvalue weighted by molar-refractivity contribution is -0.137. The van der Waals surface area contributed by atoms with E-state index in [9.17, 15) is 18.4 Å². The number of nitrogens with zero attached hydrogens (tertiary/aromatic N) is 1. The maximum Gasteiger partial charge on any atom is 0.243 e. The Bertz CT molecular complexity index is 788. The number of rotatable bonds is 2. The van der Waals surface area contributed by atoms with E-state index >= 15 is 0 Å². The molecule has 0 aromatic heterocycles. The van der Waals surface area contributed by atoms with E-state index in [1.165, 1.54) is 6.07 Å². The fourth-order valence-electron chi connectivity index (χ4n) is 5.06. The maximum atomic E-state index is 14.9. The Morgan fingerprint density at radius 1 is 1.11 bits per heavy atom. The Hall–Kier alpha value is -1.86. The van der Waals surface area contributed by atoms with Crippen molar-refractivity contribution < 1.29 is 18.4 Å². The van der Waals surface area contributed by atoms with Crippen LogP contribution in [0.15, 0.2) is 6.07 Å². The molecule has 146 valence electrons. The lowest BCUT2D eigenvalue weighted by Crippen LogP contribution is -2.50. The lowest BCUT2D eigenvalue weighted by atomic mass is 9.74. The molecule has 3 aliphatic rings. The molecule has 2 N–H and O–H groups in total. The molecule has 0 aliphatic carbocycles. The lowest BCUT2D eigenvalue weighted by Gasteiger charge is -2.37. The first-order valence-electron chi connectivity index (χ1n) is 9.65. The number of halogens is 2. The number of carbonyl (C=O) groups excluding carboxylic acids is 2. The van der Waals surface area contributed by atoms with Gasteiger partial charge in [-0.15, -0.1) is 0 Å². The molecule has 27 heavy (non-hydrogen) atoms. The summed E-state index contributed by atoms with van der Waals surface area (Å²) >= 11 is 0. The zero-order valence-electron chi connectivity index (χ0n) is 15.6. The van der Waals surface area contributed by atoms with E-state index in [1.54, 1.807) is 0 Å².